The fourth-order valence-corrected chi connectivity index (χ4v) is 5.97. The number of nitrogens with one attached hydrogen (secondary N) is 1. The number of ketones is 1. The number of aromatic nitrogens is 4. The van der Waals surface area contributed by atoms with E-state index in [1.165, 1.54) is 12.8 Å². The Balaban J connectivity index is 0.000000469. The van der Waals surface area contributed by atoms with Gasteiger partial charge in [0.1, 0.15) is 11.5 Å². The van der Waals surface area contributed by atoms with E-state index in [0.29, 0.717) is 47.6 Å². The van der Waals surface area contributed by atoms with Gasteiger partial charge in [-0.15, -0.1) is 0 Å². The standard InChI is InChI=1S/C25H29N7O2.C4H8O2.2C2H6/c1-15(33)21-9-17-12-27-25(29-23(17)32(21)18-5-3-4-6-18)28-22-8-7-16(11-26-22)24(34)31-14-19-10-20(31)13-30(19)2;1-4(2)6-3-5;2*1-2/h7-9,11-12,18-20H,3-6,10,13-14H2,1-2H3,(H,26,27,28,29);3-4H,1-2H3;2*1-2H3. The lowest BCUT2D eigenvalue weighted by Gasteiger charge is -2.31. The summed E-state index contributed by atoms with van der Waals surface area (Å²) < 4.78 is 6.45. The van der Waals surface area contributed by atoms with Crippen molar-refractivity contribution in [2.75, 3.05) is 25.5 Å². The summed E-state index contributed by atoms with van der Waals surface area (Å²) in [6.45, 7) is 15.4. The number of pyridine rings is 1. The third-order valence-corrected chi connectivity index (χ3v) is 7.98. The van der Waals surface area contributed by atoms with Crippen molar-refractivity contribution in [1.29, 1.82) is 0 Å². The summed E-state index contributed by atoms with van der Waals surface area (Å²) in [4.78, 5) is 52.6. The maximum Gasteiger partial charge on any atom is 0.293 e. The Kier molecular flexibility index (Phi) is 12.8. The predicted molar refractivity (Wildman–Crippen MR) is 173 cm³/mol. The average Bonchev–Trinajstić information content (AvgIpc) is 3.83. The first kappa shape index (κ1) is 34.6. The Morgan fingerprint density at radius 3 is 2.20 bits per heavy atom. The molecule has 1 saturated carbocycles. The molecule has 3 aromatic rings. The lowest BCUT2D eigenvalue weighted by atomic mass is 10.2. The Bertz CT molecular complexity index is 1380. The Morgan fingerprint density at radius 2 is 1.70 bits per heavy atom. The molecule has 3 aromatic heterocycles. The van der Waals surface area contributed by atoms with Crippen molar-refractivity contribution in [3.63, 3.8) is 0 Å². The van der Waals surface area contributed by atoms with E-state index in [4.69, 9.17) is 4.98 Å². The molecule has 44 heavy (non-hydrogen) atoms. The number of piperazine rings is 1. The second kappa shape index (κ2) is 16.3. The van der Waals surface area contributed by atoms with Gasteiger partial charge < -0.3 is 19.5 Å². The summed E-state index contributed by atoms with van der Waals surface area (Å²) in [5.74, 6) is 1.08. The van der Waals surface area contributed by atoms with Crippen molar-refractivity contribution >= 4 is 41.0 Å². The van der Waals surface area contributed by atoms with Gasteiger partial charge in [0.05, 0.1) is 17.4 Å². The minimum Gasteiger partial charge on any atom is -0.465 e. The third-order valence-electron chi connectivity index (χ3n) is 7.98. The number of Topliss-reactive ketones (excluding diaryl/α,β-unsaturated/α-hetero) is 1. The van der Waals surface area contributed by atoms with Crippen molar-refractivity contribution in [2.24, 2.45) is 0 Å². The van der Waals surface area contributed by atoms with Crippen LogP contribution in [-0.2, 0) is 9.53 Å². The average molecular weight is 608 g/mol. The van der Waals surface area contributed by atoms with E-state index in [9.17, 15) is 14.4 Å². The molecule has 0 spiro atoms. The third kappa shape index (κ3) is 7.99. The van der Waals surface area contributed by atoms with E-state index in [2.05, 4.69) is 36.5 Å². The van der Waals surface area contributed by atoms with Gasteiger partial charge in [-0.1, -0.05) is 40.5 Å². The second-order valence-electron chi connectivity index (χ2n) is 11.1. The molecule has 1 aliphatic carbocycles. The summed E-state index contributed by atoms with van der Waals surface area (Å²) in [5, 5.41) is 4.02. The lowest BCUT2D eigenvalue weighted by molar-refractivity contribution is -0.131. The summed E-state index contributed by atoms with van der Waals surface area (Å²) in [5.41, 5.74) is 2.06. The number of carbonyl (C=O) groups is 3. The van der Waals surface area contributed by atoms with Crippen LogP contribution in [0.2, 0.25) is 0 Å². The first-order chi connectivity index (χ1) is 21.2. The molecule has 0 radical (unpaired) electrons. The number of rotatable bonds is 7. The van der Waals surface area contributed by atoms with Crippen LogP contribution in [-0.4, -0.2) is 85.8 Å². The minimum absolute atomic E-state index is 0.0301. The molecule has 1 amide bonds. The molecule has 11 nitrogen and oxygen atoms in total. The van der Waals surface area contributed by atoms with Gasteiger partial charge in [0.25, 0.3) is 12.4 Å². The van der Waals surface area contributed by atoms with Gasteiger partial charge in [0, 0.05) is 55.9 Å². The van der Waals surface area contributed by atoms with Crippen molar-refractivity contribution in [1.82, 2.24) is 29.3 Å². The molecule has 2 saturated heterocycles. The SMILES string of the molecule is CC.CC.CC(=O)c1cc2cnc(Nc3ccc(C(=O)N4CC5CC4CN5C)cn3)nc2n1C1CCCC1.CC(C)OC=O. The van der Waals surface area contributed by atoms with Crippen LogP contribution in [0.1, 0.15) is 107 Å². The Morgan fingerprint density at radius 1 is 1.00 bits per heavy atom. The van der Waals surface area contributed by atoms with E-state index in [-0.39, 0.29) is 17.8 Å². The number of likely N-dealkylation sites (N-methyl/N-ethyl adjacent to an activating group) is 1. The summed E-state index contributed by atoms with van der Waals surface area (Å²) in [7, 11) is 2.12. The Labute approximate surface area is 261 Å². The van der Waals surface area contributed by atoms with Crippen molar-refractivity contribution in [3.05, 3.63) is 41.9 Å². The van der Waals surface area contributed by atoms with Gasteiger partial charge >= 0.3 is 0 Å². The number of carbonyl (C=O) groups excluding carboxylic acids is 3. The predicted octanol–water partition coefficient (Wildman–Crippen LogP) is 6.04. The van der Waals surface area contributed by atoms with Crippen LogP contribution >= 0.6 is 0 Å². The highest BCUT2D eigenvalue weighted by atomic mass is 16.5. The highest BCUT2D eigenvalue weighted by Gasteiger charge is 2.43. The molecule has 3 fully saturated rings. The molecule has 2 unspecified atom stereocenters. The molecule has 2 atom stereocenters. The molecule has 1 N–H and O–H groups in total. The number of nitrogens with zero attached hydrogens (tertiary/aromatic N) is 6. The first-order valence-electron chi connectivity index (χ1n) is 16.0. The van der Waals surface area contributed by atoms with Crippen molar-refractivity contribution in [2.45, 2.75) is 105 Å². The smallest absolute Gasteiger partial charge is 0.293 e. The van der Waals surface area contributed by atoms with E-state index in [1.54, 1.807) is 45.3 Å². The summed E-state index contributed by atoms with van der Waals surface area (Å²) >= 11 is 0. The number of amides is 1. The number of likely N-dealkylation sites (tertiary alicyclic amines) is 2. The van der Waals surface area contributed by atoms with Gasteiger partial charge in [-0.2, -0.15) is 4.98 Å². The minimum atomic E-state index is 0.0301. The number of hydrogen-bond donors (Lipinski definition) is 1. The quantitative estimate of drug-likeness (QED) is 0.253. The molecule has 6 rings (SSSR count). The van der Waals surface area contributed by atoms with Crippen molar-refractivity contribution in [3.8, 4) is 0 Å². The molecular weight excluding hydrogens is 558 g/mol. The zero-order valence-corrected chi connectivity index (χ0v) is 27.5. The zero-order chi connectivity index (χ0) is 32.4. The van der Waals surface area contributed by atoms with Crippen molar-refractivity contribution < 1.29 is 19.1 Å². The van der Waals surface area contributed by atoms with Gasteiger partial charge in [0.2, 0.25) is 5.95 Å². The molecule has 240 valence electrons. The first-order valence-corrected chi connectivity index (χ1v) is 16.0. The number of ether oxygens (including phenoxy) is 1. The number of fused-ring (bicyclic) bond motifs is 3. The molecule has 0 aromatic carbocycles. The van der Waals surface area contributed by atoms with Gasteiger partial charge in [-0.05, 0) is 58.4 Å². The lowest BCUT2D eigenvalue weighted by Crippen LogP contribution is -2.47. The van der Waals surface area contributed by atoms with E-state index in [0.717, 1.165) is 43.4 Å². The van der Waals surface area contributed by atoms with Crippen LogP contribution in [0, 0.1) is 0 Å². The highest BCUT2D eigenvalue weighted by molar-refractivity contribution is 5.98. The molecule has 3 aliphatic rings. The van der Waals surface area contributed by atoms with Gasteiger partial charge in [-0.25, -0.2) is 9.97 Å². The molecule has 11 heteroatoms. The monoisotopic (exact) mass is 607 g/mol. The largest absolute Gasteiger partial charge is 0.465 e. The zero-order valence-electron chi connectivity index (χ0n) is 27.5. The molecule has 2 bridgehead atoms. The maximum absolute atomic E-state index is 13.0. The van der Waals surface area contributed by atoms with E-state index < -0.39 is 0 Å². The van der Waals surface area contributed by atoms with Crippen LogP contribution < -0.4 is 5.32 Å². The van der Waals surface area contributed by atoms with Crippen LogP contribution in [0.5, 0.6) is 0 Å². The Hall–Kier alpha value is -3.86. The second-order valence-corrected chi connectivity index (χ2v) is 11.1. The van der Waals surface area contributed by atoms with Crippen LogP contribution in [0.3, 0.4) is 0 Å². The van der Waals surface area contributed by atoms with Crippen LogP contribution in [0.15, 0.2) is 30.6 Å². The highest BCUT2D eigenvalue weighted by Crippen LogP contribution is 2.35. The molecular formula is C33H49N7O4. The molecule has 2 aliphatic heterocycles. The fourth-order valence-electron chi connectivity index (χ4n) is 5.97. The van der Waals surface area contributed by atoms with Crippen LogP contribution in [0.25, 0.3) is 11.0 Å². The normalized spacial score (nSPS) is 19.0. The van der Waals surface area contributed by atoms with E-state index in [1.807, 2.05) is 38.7 Å². The number of hydrogen-bond acceptors (Lipinski definition) is 9. The van der Waals surface area contributed by atoms with Gasteiger partial charge in [0.15, 0.2) is 5.78 Å². The fraction of sp³-hybridized carbons (Fsp3) is 0.576. The molecule has 5 heterocycles. The maximum atomic E-state index is 13.0. The van der Waals surface area contributed by atoms with E-state index >= 15 is 0 Å². The summed E-state index contributed by atoms with van der Waals surface area (Å²) in [6.07, 6.45) is 8.91. The van der Waals surface area contributed by atoms with Crippen LogP contribution in [0.4, 0.5) is 11.8 Å². The van der Waals surface area contributed by atoms with Gasteiger partial charge in [-0.3, -0.25) is 19.3 Å². The summed E-state index contributed by atoms with van der Waals surface area (Å²) in [6, 6.07) is 6.56. The number of anilines is 2. The topological polar surface area (TPSA) is 123 Å².